The van der Waals surface area contributed by atoms with Crippen LogP contribution in [0.1, 0.15) is 48.5 Å². The quantitative estimate of drug-likeness (QED) is 0.472. The smallest absolute Gasteiger partial charge is 0.121 e. The second kappa shape index (κ2) is 10.9. The molecule has 0 fully saturated rings. The van der Waals surface area contributed by atoms with E-state index in [1.54, 1.807) is 12.1 Å². The lowest BCUT2D eigenvalue weighted by Crippen LogP contribution is -2.22. The Morgan fingerprint density at radius 2 is 1.68 bits per heavy atom. The molecule has 0 spiro atoms. The van der Waals surface area contributed by atoms with Gasteiger partial charge in [-0.3, -0.25) is 0 Å². The molecule has 1 atom stereocenters. The number of hydrogen-bond acceptors (Lipinski definition) is 4. The first-order chi connectivity index (χ1) is 12.2. The molecule has 0 aromatic heterocycles. The summed E-state index contributed by atoms with van der Waals surface area (Å²) in [6, 6.07) is 15.4. The van der Waals surface area contributed by atoms with Crippen LogP contribution in [0.25, 0.3) is 0 Å². The summed E-state index contributed by atoms with van der Waals surface area (Å²) in [7, 11) is 0. The maximum absolute atomic E-state index is 10.2. The molecule has 0 aliphatic carbocycles. The number of nitrogens with one attached hydrogen (secondary N) is 1. The Labute approximate surface area is 150 Å². The van der Waals surface area contributed by atoms with E-state index in [4.69, 9.17) is 5.11 Å². The molecule has 4 nitrogen and oxygen atoms in total. The summed E-state index contributed by atoms with van der Waals surface area (Å²) in [4.78, 5) is 0. The molecule has 0 heterocycles. The fourth-order valence-electron chi connectivity index (χ4n) is 2.87. The molecule has 0 saturated carbocycles. The first kappa shape index (κ1) is 19.4. The number of phenols is 1. The molecule has 136 valence electrons. The van der Waals surface area contributed by atoms with Crippen LogP contribution in [0.5, 0.6) is 5.75 Å². The minimum atomic E-state index is -0.635. The van der Waals surface area contributed by atoms with Crippen LogP contribution in [-0.2, 0) is 13.0 Å². The van der Waals surface area contributed by atoms with Crippen LogP contribution in [-0.4, -0.2) is 28.4 Å². The fourth-order valence-corrected chi connectivity index (χ4v) is 2.87. The van der Waals surface area contributed by atoms with Crippen LogP contribution in [0.15, 0.2) is 48.5 Å². The molecule has 0 aliphatic heterocycles. The Bertz CT molecular complexity index is 616. The van der Waals surface area contributed by atoms with Gasteiger partial charge in [0.2, 0.25) is 0 Å². The molecule has 1 unspecified atom stereocenters. The first-order valence-electron chi connectivity index (χ1n) is 9.06. The molecule has 4 N–H and O–H groups in total. The maximum atomic E-state index is 10.2. The number of benzene rings is 2. The monoisotopic (exact) mass is 343 g/mol. The van der Waals surface area contributed by atoms with E-state index in [0.717, 1.165) is 19.4 Å². The van der Waals surface area contributed by atoms with Gasteiger partial charge < -0.3 is 20.6 Å². The van der Waals surface area contributed by atoms with Crippen LogP contribution in [0.4, 0.5) is 0 Å². The van der Waals surface area contributed by atoms with E-state index < -0.39 is 6.10 Å². The van der Waals surface area contributed by atoms with Gasteiger partial charge in [-0.1, -0.05) is 49.2 Å². The van der Waals surface area contributed by atoms with Gasteiger partial charge in [0.25, 0.3) is 0 Å². The number of hydrogen-bond donors (Lipinski definition) is 4. The van der Waals surface area contributed by atoms with Gasteiger partial charge in [0.1, 0.15) is 5.75 Å². The van der Waals surface area contributed by atoms with E-state index in [9.17, 15) is 10.2 Å². The standard InChI is InChI=1S/C21H29NO3/c23-16-19-14-18(11-12-20(19)24)21(25)15-22-13-7-2-1-4-8-17-9-5-3-6-10-17/h3,5-6,9-12,14,21-25H,1-2,4,7-8,13,15-16H2. The van der Waals surface area contributed by atoms with Gasteiger partial charge in [-0.15, -0.1) is 0 Å². The largest absolute Gasteiger partial charge is 0.508 e. The first-order valence-corrected chi connectivity index (χ1v) is 9.06. The lowest BCUT2D eigenvalue weighted by atomic mass is 10.0. The van der Waals surface area contributed by atoms with E-state index in [2.05, 4.69) is 29.6 Å². The molecule has 2 aromatic rings. The molecule has 0 aliphatic rings. The number of aliphatic hydroxyl groups excluding tert-OH is 2. The van der Waals surface area contributed by atoms with Gasteiger partial charge in [0.15, 0.2) is 0 Å². The van der Waals surface area contributed by atoms with E-state index in [1.165, 1.54) is 30.9 Å². The minimum absolute atomic E-state index is 0.0573. The lowest BCUT2D eigenvalue weighted by molar-refractivity contribution is 0.174. The van der Waals surface area contributed by atoms with Crippen molar-refractivity contribution in [2.24, 2.45) is 0 Å². The molecule has 4 heteroatoms. The van der Waals surface area contributed by atoms with Crippen LogP contribution in [0, 0.1) is 0 Å². The maximum Gasteiger partial charge on any atom is 0.121 e. The zero-order chi connectivity index (χ0) is 17.9. The van der Waals surface area contributed by atoms with Gasteiger partial charge in [-0.2, -0.15) is 0 Å². The second-order valence-electron chi connectivity index (χ2n) is 6.42. The molecular formula is C21H29NO3. The number of aryl methyl sites for hydroxylation is 1. The Morgan fingerprint density at radius 3 is 2.44 bits per heavy atom. The summed E-state index contributed by atoms with van der Waals surface area (Å²) < 4.78 is 0. The average molecular weight is 343 g/mol. The fraction of sp³-hybridized carbons (Fsp3) is 0.429. The Morgan fingerprint density at radius 1 is 0.920 bits per heavy atom. The third-order valence-corrected chi connectivity index (χ3v) is 4.41. The van der Waals surface area contributed by atoms with Crippen molar-refractivity contribution >= 4 is 0 Å². The highest BCUT2D eigenvalue weighted by Gasteiger charge is 2.09. The Balaban J connectivity index is 1.55. The van der Waals surface area contributed by atoms with Gasteiger partial charge in [-0.05, 0) is 49.1 Å². The SMILES string of the molecule is OCc1cc(C(O)CNCCCCCCc2ccccc2)ccc1O. The minimum Gasteiger partial charge on any atom is -0.508 e. The number of unbranched alkanes of at least 4 members (excludes halogenated alkanes) is 3. The Hall–Kier alpha value is -1.88. The molecule has 2 aromatic carbocycles. The summed E-state index contributed by atoms with van der Waals surface area (Å²) in [6.07, 6.45) is 5.22. The van der Waals surface area contributed by atoms with Gasteiger partial charge in [0, 0.05) is 12.1 Å². The summed E-state index contributed by atoms with van der Waals surface area (Å²) >= 11 is 0. The molecule has 2 rings (SSSR count). The molecular weight excluding hydrogens is 314 g/mol. The number of aromatic hydroxyl groups is 1. The third-order valence-electron chi connectivity index (χ3n) is 4.41. The van der Waals surface area contributed by atoms with Crippen molar-refractivity contribution in [1.82, 2.24) is 5.32 Å². The molecule has 0 amide bonds. The summed E-state index contributed by atoms with van der Waals surface area (Å²) in [5.74, 6) is 0.0573. The highest BCUT2D eigenvalue weighted by atomic mass is 16.3. The number of aliphatic hydroxyl groups is 2. The Kier molecular flexibility index (Phi) is 8.46. The van der Waals surface area contributed by atoms with Gasteiger partial charge >= 0.3 is 0 Å². The molecule has 0 radical (unpaired) electrons. The van der Waals surface area contributed by atoms with Crippen LogP contribution < -0.4 is 5.32 Å². The van der Waals surface area contributed by atoms with Gasteiger partial charge in [-0.25, -0.2) is 0 Å². The van der Waals surface area contributed by atoms with Crippen LogP contribution in [0.3, 0.4) is 0 Å². The third kappa shape index (κ3) is 6.86. The summed E-state index contributed by atoms with van der Waals surface area (Å²) in [5.41, 5.74) is 2.55. The summed E-state index contributed by atoms with van der Waals surface area (Å²) in [6.45, 7) is 1.12. The van der Waals surface area contributed by atoms with Crippen molar-refractivity contribution in [3.8, 4) is 5.75 Å². The molecule has 0 saturated heterocycles. The van der Waals surface area contributed by atoms with Crippen LogP contribution >= 0.6 is 0 Å². The summed E-state index contributed by atoms with van der Waals surface area (Å²) in [5, 5.41) is 32.1. The van der Waals surface area contributed by atoms with Crippen molar-refractivity contribution in [1.29, 1.82) is 0 Å². The predicted molar refractivity (Wildman–Crippen MR) is 100 cm³/mol. The lowest BCUT2D eigenvalue weighted by Gasteiger charge is -2.14. The number of rotatable bonds is 11. The van der Waals surface area contributed by atoms with E-state index >= 15 is 0 Å². The topological polar surface area (TPSA) is 72.7 Å². The zero-order valence-electron chi connectivity index (χ0n) is 14.7. The van der Waals surface area contributed by atoms with Crippen molar-refractivity contribution < 1.29 is 15.3 Å². The van der Waals surface area contributed by atoms with Crippen molar-refractivity contribution in [2.45, 2.75) is 44.8 Å². The second-order valence-corrected chi connectivity index (χ2v) is 6.42. The van der Waals surface area contributed by atoms with Gasteiger partial charge in [0.05, 0.1) is 12.7 Å². The van der Waals surface area contributed by atoms with E-state index in [-0.39, 0.29) is 12.4 Å². The van der Waals surface area contributed by atoms with Crippen molar-refractivity contribution in [3.05, 3.63) is 65.2 Å². The predicted octanol–water partition coefficient (Wildman–Crippen LogP) is 3.31. The van der Waals surface area contributed by atoms with Crippen molar-refractivity contribution in [3.63, 3.8) is 0 Å². The average Bonchev–Trinajstić information content (AvgIpc) is 2.65. The van der Waals surface area contributed by atoms with E-state index in [0.29, 0.717) is 17.7 Å². The van der Waals surface area contributed by atoms with Crippen LogP contribution in [0.2, 0.25) is 0 Å². The molecule has 0 bridgehead atoms. The zero-order valence-corrected chi connectivity index (χ0v) is 14.7. The highest BCUT2D eigenvalue weighted by Crippen LogP contribution is 2.22. The van der Waals surface area contributed by atoms with E-state index in [1.807, 2.05) is 6.07 Å². The molecule has 25 heavy (non-hydrogen) atoms. The normalized spacial score (nSPS) is 12.2. The highest BCUT2D eigenvalue weighted by molar-refractivity contribution is 5.36. The van der Waals surface area contributed by atoms with Crippen molar-refractivity contribution in [2.75, 3.05) is 13.1 Å².